The van der Waals surface area contributed by atoms with Crippen molar-refractivity contribution in [1.82, 2.24) is 5.32 Å². The van der Waals surface area contributed by atoms with Gasteiger partial charge in [-0.2, -0.15) is 6.72 Å². The Kier molecular flexibility index (Phi) is 18.9. The molecule has 0 aromatic heterocycles. The number of amidine groups is 1. The van der Waals surface area contributed by atoms with Gasteiger partial charge >= 0.3 is 57.4 Å². The van der Waals surface area contributed by atoms with Crippen molar-refractivity contribution in [3.05, 3.63) is 59.0 Å². The number of carbonyl (C=O) groups is 2. The molecule has 1 fully saturated rings. The van der Waals surface area contributed by atoms with Crippen LogP contribution in [0.15, 0.2) is 58.4 Å². The minimum Gasteiger partial charge on any atom is -0.495 e. The Morgan fingerprint density at radius 1 is 1.18 bits per heavy atom. The predicted molar refractivity (Wildman–Crippen MR) is 150 cm³/mol. The molecule has 38 heavy (non-hydrogen) atoms. The van der Waals surface area contributed by atoms with E-state index < -0.39 is 5.97 Å². The maximum Gasteiger partial charge on any atom is 1.00 e. The van der Waals surface area contributed by atoms with Crippen LogP contribution in [0.3, 0.4) is 0 Å². The van der Waals surface area contributed by atoms with E-state index in [2.05, 4.69) is 22.5 Å². The number of benzene rings is 1. The van der Waals surface area contributed by atoms with Gasteiger partial charge in [-0.1, -0.05) is 58.4 Å². The molecule has 202 valence electrons. The van der Waals surface area contributed by atoms with Crippen LogP contribution in [-0.4, -0.2) is 38.1 Å². The number of nitrogens with zero attached hydrogens (tertiary/aromatic N) is 1. The van der Waals surface area contributed by atoms with E-state index in [1.54, 1.807) is 37.3 Å². The molecule has 1 aromatic carbocycles. The Balaban J connectivity index is 0.00000445. The largest absolute Gasteiger partial charge is 1.00 e. The average Bonchev–Trinajstić information content (AvgIpc) is 3.76. The summed E-state index contributed by atoms with van der Waals surface area (Å²) in [5.74, 6) is -0.290. The van der Waals surface area contributed by atoms with Crippen LogP contribution in [0.1, 0.15) is 72.3 Å². The van der Waals surface area contributed by atoms with Crippen molar-refractivity contribution in [3.63, 3.8) is 0 Å². The number of aliphatic imine (C=N–C) groups is 1. The van der Waals surface area contributed by atoms with Crippen molar-refractivity contribution in [1.29, 1.82) is 5.41 Å². The molecule has 1 saturated carbocycles. The molecule has 8 nitrogen and oxygen atoms in total. The van der Waals surface area contributed by atoms with Gasteiger partial charge in [0, 0.05) is 11.6 Å². The summed E-state index contributed by atoms with van der Waals surface area (Å²) >= 11 is 0. The molecule has 0 atom stereocenters. The number of nitrogens with one attached hydrogen (secondary N) is 3. The first-order chi connectivity index (χ1) is 17.9. The minimum atomic E-state index is -0.490. The molecule has 0 saturated heterocycles. The van der Waals surface area contributed by atoms with Gasteiger partial charge in [0.05, 0.1) is 30.7 Å². The van der Waals surface area contributed by atoms with Gasteiger partial charge in [0.15, 0.2) is 0 Å². The molecular formula is C29H41KN4O4. The minimum absolute atomic E-state index is 0. The smallest absolute Gasteiger partial charge is 0.495 e. The number of allylic oxidation sites excluding steroid dienone is 3. The van der Waals surface area contributed by atoms with Crippen LogP contribution < -0.4 is 66.8 Å². The number of esters is 1. The topological polar surface area (TPSA) is 113 Å². The molecule has 9 heteroatoms. The van der Waals surface area contributed by atoms with Crippen LogP contribution in [0.2, 0.25) is 0 Å². The molecule has 0 spiro atoms. The average molecular weight is 549 g/mol. The summed E-state index contributed by atoms with van der Waals surface area (Å²) in [7, 11) is 1.48. The van der Waals surface area contributed by atoms with Crippen LogP contribution in [0.25, 0.3) is 0 Å². The molecule has 1 amide bonds. The van der Waals surface area contributed by atoms with Gasteiger partial charge in [0.2, 0.25) is 5.91 Å². The van der Waals surface area contributed by atoms with Crippen molar-refractivity contribution < 1.29 is 70.4 Å². The van der Waals surface area contributed by atoms with Gasteiger partial charge in [-0.15, -0.1) is 0 Å². The fourth-order valence-corrected chi connectivity index (χ4v) is 3.35. The van der Waals surface area contributed by atoms with Gasteiger partial charge in [-0.3, -0.25) is 4.79 Å². The van der Waals surface area contributed by atoms with Gasteiger partial charge in [0.25, 0.3) is 0 Å². The Labute approximate surface area is 270 Å². The van der Waals surface area contributed by atoms with Crippen LogP contribution in [-0.2, 0) is 14.3 Å². The van der Waals surface area contributed by atoms with Crippen LogP contribution in [0.5, 0.6) is 5.75 Å². The standard InChI is InChI=1S/C27H35N4O4.C2H6.K/c1-6-9-12-19(30-26(32)18-15-16-18)17-23(20(11-7-2)27(33)35-8-3)31-22-14-10-13-21(24(22)34-5)25(28)29-4;1-2;/h4,10-14,17-18,28,31H,6-9,15-16H2,1-3,5H3,(H,30,32);1-2H3;/q-1;;+1/b19-12-,20-11-,23-17+,28-25?;;. The van der Waals surface area contributed by atoms with E-state index >= 15 is 0 Å². The quantitative estimate of drug-likeness (QED) is 0.0667. The fraction of sp³-hybridized carbons (Fsp3) is 0.448. The second kappa shape index (κ2) is 19.9. The van der Waals surface area contributed by atoms with Gasteiger partial charge in [-0.05, 0) is 56.1 Å². The van der Waals surface area contributed by atoms with E-state index in [-0.39, 0.29) is 75.7 Å². The molecule has 0 heterocycles. The van der Waals surface area contributed by atoms with Crippen molar-refractivity contribution in [2.75, 3.05) is 19.0 Å². The number of hydrogen-bond acceptors (Lipinski definition) is 6. The third kappa shape index (κ3) is 11.4. The molecule has 2 rings (SSSR count). The first-order valence-electron chi connectivity index (χ1n) is 12.9. The summed E-state index contributed by atoms with van der Waals surface area (Å²) in [6.07, 6.45) is 9.45. The second-order valence-corrected chi connectivity index (χ2v) is 8.01. The molecule has 0 aliphatic heterocycles. The second-order valence-electron chi connectivity index (χ2n) is 8.01. The number of anilines is 1. The monoisotopic (exact) mass is 548 g/mol. The van der Waals surface area contributed by atoms with Crippen molar-refractivity contribution in [2.45, 2.75) is 66.7 Å². The summed E-state index contributed by atoms with van der Waals surface area (Å²) in [4.78, 5) is 28.9. The summed E-state index contributed by atoms with van der Waals surface area (Å²) in [6, 6.07) is 5.16. The predicted octanol–water partition coefficient (Wildman–Crippen LogP) is 3.03. The normalized spacial score (nSPS) is 13.3. The third-order valence-corrected chi connectivity index (χ3v) is 5.23. The van der Waals surface area contributed by atoms with Gasteiger partial charge < -0.3 is 30.5 Å². The zero-order valence-electron chi connectivity index (χ0n) is 23.9. The van der Waals surface area contributed by atoms with E-state index in [1.807, 2.05) is 26.8 Å². The fourth-order valence-electron chi connectivity index (χ4n) is 3.35. The number of ether oxygens (including phenoxy) is 2. The Morgan fingerprint density at radius 3 is 2.39 bits per heavy atom. The van der Waals surface area contributed by atoms with Gasteiger partial charge in [-0.25, -0.2) is 4.79 Å². The number of rotatable bonds is 13. The molecular weight excluding hydrogens is 507 g/mol. The number of amides is 1. The van der Waals surface area contributed by atoms with E-state index in [4.69, 9.17) is 21.6 Å². The van der Waals surface area contributed by atoms with E-state index in [0.717, 1.165) is 25.7 Å². The number of methoxy groups -OCH3 is 1. The Morgan fingerprint density at radius 2 is 1.87 bits per heavy atom. The number of para-hydroxylation sites is 1. The van der Waals surface area contributed by atoms with Crippen molar-refractivity contribution in [2.24, 2.45) is 10.9 Å². The van der Waals surface area contributed by atoms with Crippen LogP contribution in [0, 0.1) is 11.3 Å². The molecule has 1 aliphatic rings. The van der Waals surface area contributed by atoms with Crippen LogP contribution >= 0.6 is 0 Å². The SMILES string of the molecule is CC.[CH-]=NC(=N)c1cccc(NC(=C/C(=C/CCC)NC(=O)C2CC2)/C(=C/CC)C(=O)OCC)c1OC.[K+]. The zero-order chi connectivity index (χ0) is 27.8. The molecule has 0 unspecified atom stereocenters. The summed E-state index contributed by atoms with van der Waals surface area (Å²) < 4.78 is 10.9. The summed E-state index contributed by atoms with van der Waals surface area (Å²) in [5, 5.41) is 14.3. The van der Waals surface area contributed by atoms with Crippen molar-refractivity contribution in [3.8, 4) is 5.75 Å². The zero-order valence-corrected chi connectivity index (χ0v) is 27.1. The number of carbonyl (C=O) groups excluding carboxylic acids is 2. The number of unbranched alkanes of at least 4 members (excludes halogenated alkanes) is 1. The Bertz CT molecular complexity index is 1040. The van der Waals surface area contributed by atoms with E-state index in [1.165, 1.54) is 7.11 Å². The molecule has 1 aliphatic carbocycles. The number of hydrogen-bond donors (Lipinski definition) is 3. The molecule has 1 aromatic rings. The summed E-state index contributed by atoms with van der Waals surface area (Å²) in [5.41, 5.74) is 2.23. The van der Waals surface area contributed by atoms with Gasteiger partial charge in [0.1, 0.15) is 5.75 Å². The first-order valence-corrected chi connectivity index (χ1v) is 12.9. The maximum atomic E-state index is 12.9. The van der Waals surface area contributed by atoms with E-state index in [0.29, 0.717) is 40.4 Å². The summed E-state index contributed by atoms with van der Waals surface area (Å²) in [6.45, 7) is 15.3. The first kappa shape index (κ1) is 36.0. The Hall–Kier alpha value is -2.04. The third-order valence-electron chi connectivity index (χ3n) is 5.23. The molecule has 0 bridgehead atoms. The maximum absolute atomic E-state index is 12.9. The molecule has 0 radical (unpaired) electrons. The van der Waals surface area contributed by atoms with Crippen molar-refractivity contribution >= 4 is 30.1 Å². The molecule has 3 N–H and O–H groups in total. The van der Waals surface area contributed by atoms with E-state index in [9.17, 15) is 9.59 Å². The van der Waals surface area contributed by atoms with Crippen LogP contribution in [0.4, 0.5) is 5.69 Å².